The van der Waals surface area contributed by atoms with Crippen molar-refractivity contribution in [2.45, 2.75) is 29.2 Å². The number of carbonyl (C=O) groups is 1. The zero-order valence-corrected chi connectivity index (χ0v) is 13.1. The highest BCUT2D eigenvalue weighted by Crippen LogP contribution is 2.28. The van der Waals surface area contributed by atoms with Crippen LogP contribution in [0.15, 0.2) is 65.6 Å². The van der Waals surface area contributed by atoms with Crippen molar-refractivity contribution in [3.8, 4) is 0 Å². The molecule has 1 heterocycles. The predicted octanol–water partition coefficient (Wildman–Crippen LogP) is 3.25. The van der Waals surface area contributed by atoms with E-state index in [1.165, 1.54) is 4.90 Å². The average Bonchev–Trinajstić information content (AvgIpc) is 3.03. The normalized spacial score (nSPS) is 20.7. The second kappa shape index (κ2) is 7.47. The molecule has 0 unspecified atom stereocenters. The van der Waals surface area contributed by atoms with E-state index in [4.69, 9.17) is 4.74 Å². The topological polar surface area (TPSA) is 38.3 Å². The number of ether oxygens (including phenoxy) is 1. The number of rotatable bonds is 5. The van der Waals surface area contributed by atoms with Crippen LogP contribution in [0.1, 0.15) is 12.0 Å². The monoisotopic (exact) mass is 313 g/mol. The van der Waals surface area contributed by atoms with Crippen molar-refractivity contribution in [3.05, 3.63) is 66.2 Å². The lowest BCUT2D eigenvalue weighted by Crippen LogP contribution is -2.32. The van der Waals surface area contributed by atoms with Gasteiger partial charge in [0, 0.05) is 16.7 Å². The first-order chi connectivity index (χ1) is 10.8. The van der Waals surface area contributed by atoms with Gasteiger partial charge in [-0.1, -0.05) is 48.5 Å². The summed E-state index contributed by atoms with van der Waals surface area (Å²) in [5.74, 6) is -0.153. The first kappa shape index (κ1) is 15.1. The summed E-state index contributed by atoms with van der Waals surface area (Å²) in [6, 6.07) is 19.9. The van der Waals surface area contributed by atoms with Crippen LogP contribution < -0.4 is 5.32 Å². The van der Waals surface area contributed by atoms with Gasteiger partial charge in [0.1, 0.15) is 12.6 Å². The smallest absolute Gasteiger partial charge is 0.323 e. The molecule has 1 aliphatic rings. The Morgan fingerprint density at radius 3 is 2.50 bits per heavy atom. The Kier molecular flexibility index (Phi) is 5.14. The van der Waals surface area contributed by atoms with Crippen molar-refractivity contribution in [1.29, 1.82) is 0 Å². The van der Waals surface area contributed by atoms with Gasteiger partial charge in [-0.25, -0.2) is 0 Å². The first-order valence-corrected chi connectivity index (χ1v) is 8.35. The molecule has 1 N–H and O–H groups in total. The van der Waals surface area contributed by atoms with Crippen molar-refractivity contribution in [3.63, 3.8) is 0 Å². The van der Waals surface area contributed by atoms with Crippen molar-refractivity contribution in [2.24, 2.45) is 0 Å². The number of hydrogen-bond acceptors (Lipinski definition) is 4. The summed E-state index contributed by atoms with van der Waals surface area (Å²) >= 11 is 1.82. The zero-order valence-electron chi connectivity index (χ0n) is 12.3. The largest absolute Gasteiger partial charge is 0.460 e. The number of esters is 1. The van der Waals surface area contributed by atoms with E-state index in [0.717, 1.165) is 18.5 Å². The molecule has 0 aromatic heterocycles. The standard InChI is InChI=1S/C18H19NO2S/c20-18(21-13-14-7-3-1-4-8-14)17-11-16(12-19-17)22-15-9-5-2-6-10-15/h1-10,16-17,19H,11-13H2/t16-,17-/m1/s1. The SMILES string of the molecule is O=C(OCc1ccccc1)[C@H]1C[C@@H](Sc2ccccc2)CN1. The van der Waals surface area contributed by atoms with Crippen molar-refractivity contribution < 1.29 is 9.53 Å². The highest BCUT2D eigenvalue weighted by Gasteiger charge is 2.31. The van der Waals surface area contributed by atoms with Crippen LogP contribution in [0.3, 0.4) is 0 Å². The fourth-order valence-corrected chi connectivity index (χ4v) is 3.66. The Morgan fingerprint density at radius 2 is 1.77 bits per heavy atom. The molecular weight excluding hydrogens is 294 g/mol. The third-order valence-corrected chi connectivity index (χ3v) is 4.88. The van der Waals surface area contributed by atoms with Crippen LogP contribution in [0, 0.1) is 0 Å². The number of benzene rings is 2. The van der Waals surface area contributed by atoms with E-state index in [2.05, 4.69) is 17.4 Å². The number of carbonyl (C=O) groups excluding carboxylic acids is 1. The minimum Gasteiger partial charge on any atom is -0.460 e. The second-order valence-electron chi connectivity index (χ2n) is 5.34. The lowest BCUT2D eigenvalue weighted by molar-refractivity contribution is -0.147. The molecule has 114 valence electrons. The maximum atomic E-state index is 12.1. The lowest BCUT2D eigenvalue weighted by Gasteiger charge is -2.11. The molecule has 0 amide bonds. The average molecular weight is 313 g/mol. The lowest BCUT2D eigenvalue weighted by atomic mass is 10.2. The molecule has 3 rings (SSSR count). The van der Waals surface area contributed by atoms with E-state index < -0.39 is 0 Å². The molecule has 3 nitrogen and oxygen atoms in total. The molecule has 4 heteroatoms. The highest BCUT2D eigenvalue weighted by molar-refractivity contribution is 8.00. The van der Waals surface area contributed by atoms with E-state index >= 15 is 0 Å². The molecule has 0 aliphatic carbocycles. The van der Waals surface area contributed by atoms with Gasteiger partial charge in [-0.3, -0.25) is 4.79 Å². The summed E-state index contributed by atoms with van der Waals surface area (Å²) in [6.45, 7) is 1.18. The number of nitrogens with one attached hydrogen (secondary N) is 1. The Hall–Kier alpha value is -1.78. The van der Waals surface area contributed by atoms with Crippen molar-refractivity contribution in [2.75, 3.05) is 6.54 Å². The fourth-order valence-electron chi connectivity index (χ4n) is 2.49. The Balaban J connectivity index is 1.46. The molecule has 0 bridgehead atoms. The molecule has 1 fully saturated rings. The molecule has 0 spiro atoms. The third kappa shape index (κ3) is 4.12. The Bertz CT molecular complexity index is 603. The van der Waals surface area contributed by atoms with E-state index in [9.17, 15) is 4.79 Å². The molecule has 0 saturated carbocycles. The number of thioether (sulfide) groups is 1. The van der Waals surface area contributed by atoms with Crippen LogP contribution in [-0.4, -0.2) is 23.8 Å². The summed E-state index contributed by atoms with van der Waals surface area (Å²) in [6.07, 6.45) is 0.813. The van der Waals surface area contributed by atoms with Crippen LogP contribution in [0.5, 0.6) is 0 Å². The van der Waals surface area contributed by atoms with E-state index in [-0.39, 0.29) is 12.0 Å². The van der Waals surface area contributed by atoms with Crippen LogP contribution in [-0.2, 0) is 16.1 Å². The molecule has 1 saturated heterocycles. The summed E-state index contributed by atoms with van der Waals surface area (Å²) in [7, 11) is 0. The summed E-state index contributed by atoms with van der Waals surface area (Å²) in [5, 5.41) is 3.68. The number of hydrogen-bond donors (Lipinski definition) is 1. The van der Waals surface area contributed by atoms with E-state index in [1.807, 2.05) is 60.3 Å². The van der Waals surface area contributed by atoms with Gasteiger partial charge in [-0.15, -0.1) is 11.8 Å². The van der Waals surface area contributed by atoms with Crippen molar-refractivity contribution >= 4 is 17.7 Å². The molecule has 2 aromatic rings. The maximum absolute atomic E-state index is 12.1. The van der Waals surface area contributed by atoms with Crippen LogP contribution in [0.25, 0.3) is 0 Å². The van der Waals surface area contributed by atoms with Gasteiger partial charge in [0.25, 0.3) is 0 Å². The van der Waals surface area contributed by atoms with Gasteiger partial charge in [-0.2, -0.15) is 0 Å². The summed E-state index contributed by atoms with van der Waals surface area (Å²) < 4.78 is 5.40. The fraction of sp³-hybridized carbons (Fsp3) is 0.278. The van der Waals surface area contributed by atoms with Gasteiger partial charge in [0.15, 0.2) is 0 Å². The van der Waals surface area contributed by atoms with Crippen LogP contribution >= 0.6 is 11.8 Å². The van der Waals surface area contributed by atoms with E-state index in [0.29, 0.717) is 11.9 Å². The summed E-state index contributed by atoms with van der Waals surface area (Å²) in [5.41, 5.74) is 1.02. The maximum Gasteiger partial charge on any atom is 0.323 e. The minimum atomic E-state index is -0.190. The molecular formula is C18H19NO2S. The van der Waals surface area contributed by atoms with Gasteiger partial charge in [0.2, 0.25) is 0 Å². The third-order valence-electron chi connectivity index (χ3n) is 3.64. The van der Waals surface area contributed by atoms with Gasteiger partial charge in [0.05, 0.1) is 0 Å². The van der Waals surface area contributed by atoms with Crippen LogP contribution in [0.4, 0.5) is 0 Å². The second-order valence-corrected chi connectivity index (χ2v) is 6.72. The molecule has 2 atom stereocenters. The predicted molar refractivity (Wildman–Crippen MR) is 88.7 cm³/mol. The highest BCUT2D eigenvalue weighted by atomic mass is 32.2. The Labute approximate surface area is 135 Å². The van der Waals surface area contributed by atoms with E-state index in [1.54, 1.807) is 0 Å². The van der Waals surface area contributed by atoms with Gasteiger partial charge < -0.3 is 10.1 Å². The van der Waals surface area contributed by atoms with Crippen molar-refractivity contribution in [1.82, 2.24) is 5.32 Å². The molecule has 22 heavy (non-hydrogen) atoms. The first-order valence-electron chi connectivity index (χ1n) is 7.47. The molecule has 1 aliphatic heterocycles. The molecule has 0 radical (unpaired) electrons. The summed E-state index contributed by atoms with van der Waals surface area (Å²) in [4.78, 5) is 13.4. The van der Waals surface area contributed by atoms with Gasteiger partial charge >= 0.3 is 5.97 Å². The quantitative estimate of drug-likeness (QED) is 0.860. The van der Waals surface area contributed by atoms with Crippen LogP contribution in [0.2, 0.25) is 0 Å². The van der Waals surface area contributed by atoms with Gasteiger partial charge in [-0.05, 0) is 24.1 Å². The zero-order chi connectivity index (χ0) is 15.2. The Morgan fingerprint density at radius 1 is 1.09 bits per heavy atom. The minimum absolute atomic E-state index is 0.153. The molecule has 2 aromatic carbocycles.